The lowest BCUT2D eigenvalue weighted by atomic mass is 10.2. The summed E-state index contributed by atoms with van der Waals surface area (Å²) in [5.41, 5.74) is 4.98. The minimum absolute atomic E-state index is 0.0544. The molecule has 0 aliphatic heterocycles. The van der Waals surface area contributed by atoms with Crippen molar-refractivity contribution in [1.29, 1.82) is 0 Å². The second-order valence-electron chi connectivity index (χ2n) is 2.76. The third kappa shape index (κ3) is 6.04. The molecule has 6 nitrogen and oxygen atoms in total. The molecule has 7 heteroatoms. The summed E-state index contributed by atoms with van der Waals surface area (Å²) >= 11 is 0. The normalized spacial score (nSPS) is 13.3. The molecule has 0 aromatic rings. The van der Waals surface area contributed by atoms with Gasteiger partial charge in [0.05, 0.1) is 19.9 Å². The Kier molecular flexibility index (Phi) is 6.66. The first-order chi connectivity index (χ1) is 7.01. The number of rotatable bonds is 6. The zero-order valence-corrected chi connectivity index (χ0v) is 9.36. The van der Waals surface area contributed by atoms with Gasteiger partial charge in [-0.1, -0.05) is 6.08 Å². The first-order valence-electron chi connectivity index (χ1n) is 4.19. The van der Waals surface area contributed by atoms with Crippen LogP contribution < -0.4 is 5.73 Å². The Balaban J connectivity index is 4.54. The van der Waals surface area contributed by atoms with Crippen molar-refractivity contribution in [3.05, 3.63) is 11.6 Å². The van der Waals surface area contributed by atoms with Crippen LogP contribution in [0.5, 0.6) is 0 Å². The first kappa shape index (κ1) is 13.9. The number of allylic oxidation sites excluding steroid dienone is 1. The predicted molar refractivity (Wildman–Crippen MR) is 54.9 cm³/mol. The topological polar surface area (TPSA) is 107 Å². The monoisotopic (exact) mass is 235 g/mol. The lowest BCUT2D eigenvalue weighted by Crippen LogP contribution is -2.16. The van der Waals surface area contributed by atoms with Crippen LogP contribution in [0.2, 0.25) is 0 Å². The van der Waals surface area contributed by atoms with Crippen LogP contribution in [0.25, 0.3) is 0 Å². The Morgan fingerprint density at radius 3 is 2.53 bits per heavy atom. The van der Waals surface area contributed by atoms with Gasteiger partial charge in [0, 0.05) is 11.7 Å². The molecule has 0 aliphatic carbocycles. The standard InChI is InChI=1S/C8H14NO5P/c1-14-8(12)6(4-7(9)11)2-3-15(13)5-10/h2,10,15H,3-5H2,1H3,(H2,9,11). The van der Waals surface area contributed by atoms with E-state index in [9.17, 15) is 14.2 Å². The molecule has 0 heterocycles. The maximum Gasteiger partial charge on any atom is 0.333 e. The molecule has 0 bridgehead atoms. The van der Waals surface area contributed by atoms with Gasteiger partial charge in [-0.05, 0) is 0 Å². The fourth-order valence-electron chi connectivity index (χ4n) is 0.848. The van der Waals surface area contributed by atoms with E-state index in [0.717, 1.165) is 0 Å². The summed E-state index contributed by atoms with van der Waals surface area (Å²) in [5.74, 6) is -1.35. The molecule has 1 atom stereocenters. The van der Waals surface area contributed by atoms with E-state index in [1.54, 1.807) is 0 Å². The molecule has 1 unspecified atom stereocenters. The number of primary amides is 1. The van der Waals surface area contributed by atoms with Crippen LogP contribution in [0.15, 0.2) is 11.6 Å². The molecule has 86 valence electrons. The second kappa shape index (κ2) is 7.20. The minimum Gasteiger partial charge on any atom is -0.466 e. The highest BCUT2D eigenvalue weighted by Crippen LogP contribution is 2.19. The summed E-state index contributed by atoms with van der Waals surface area (Å²) in [4.78, 5) is 21.7. The van der Waals surface area contributed by atoms with Crippen LogP contribution in [0.1, 0.15) is 6.42 Å². The molecule has 1 amide bonds. The summed E-state index contributed by atoms with van der Waals surface area (Å²) in [7, 11) is -0.958. The molecule has 3 N–H and O–H groups in total. The third-order valence-electron chi connectivity index (χ3n) is 1.56. The van der Waals surface area contributed by atoms with Crippen LogP contribution >= 0.6 is 7.80 Å². The molecular weight excluding hydrogens is 221 g/mol. The van der Waals surface area contributed by atoms with Crippen LogP contribution in [-0.4, -0.2) is 36.6 Å². The third-order valence-corrected chi connectivity index (χ3v) is 2.58. The number of aliphatic hydroxyl groups excluding tert-OH is 1. The van der Waals surface area contributed by atoms with E-state index < -0.39 is 26.0 Å². The van der Waals surface area contributed by atoms with Gasteiger partial charge in [-0.2, -0.15) is 0 Å². The van der Waals surface area contributed by atoms with Crippen molar-refractivity contribution < 1.29 is 24.0 Å². The minimum atomic E-state index is -2.13. The maximum absolute atomic E-state index is 11.1. The number of esters is 1. The number of aliphatic hydroxyl groups is 1. The fourth-order valence-corrected chi connectivity index (χ4v) is 1.45. The van der Waals surface area contributed by atoms with Gasteiger partial charge in [-0.25, -0.2) is 4.79 Å². The number of nitrogens with two attached hydrogens (primary N) is 1. The van der Waals surface area contributed by atoms with Crippen LogP contribution in [0.4, 0.5) is 0 Å². The lowest BCUT2D eigenvalue weighted by molar-refractivity contribution is -0.137. The van der Waals surface area contributed by atoms with Crippen molar-refractivity contribution in [1.82, 2.24) is 0 Å². The predicted octanol–water partition coefficient (Wildman–Crippen LogP) is -0.529. The van der Waals surface area contributed by atoms with E-state index in [4.69, 9.17) is 10.8 Å². The van der Waals surface area contributed by atoms with Gasteiger partial charge in [0.15, 0.2) is 0 Å². The van der Waals surface area contributed by atoms with Gasteiger partial charge in [-0.15, -0.1) is 0 Å². The number of hydrogen-bond donors (Lipinski definition) is 2. The highest BCUT2D eigenvalue weighted by molar-refractivity contribution is 7.44. The average molecular weight is 235 g/mol. The molecule has 0 rings (SSSR count). The number of carbonyl (C=O) groups is 2. The van der Waals surface area contributed by atoms with Crippen molar-refractivity contribution >= 4 is 19.7 Å². The molecule has 0 aliphatic rings. The van der Waals surface area contributed by atoms with Crippen molar-refractivity contribution in [2.45, 2.75) is 6.42 Å². The van der Waals surface area contributed by atoms with Crippen molar-refractivity contribution in [3.8, 4) is 0 Å². The zero-order valence-electron chi connectivity index (χ0n) is 8.36. The number of amides is 1. The van der Waals surface area contributed by atoms with Crippen molar-refractivity contribution in [2.75, 3.05) is 19.6 Å². The van der Waals surface area contributed by atoms with Gasteiger partial charge in [0.2, 0.25) is 5.91 Å². The van der Waals surface area contributed by atoms with Crippen LogP contribution in [0, 0.1) is 0 Å². The van der Waals surface area contributed by atoms with E-state index in [2.05, 4.69) is 4.74 Å². The highest BCUT2D eigenvalue weighted by atomic mass is 31.1. The number of hydrogen-bond acceptors (Lipinski definition) is 5. The number of methoxy groups -OCH3 is 1. The molecule has 0 spiro atoms. The molecule has 0 aromatic carbocycles. The largest absolute Gasteiger partial charge is 0.466 e. The summed E-state index contributed by atoms with van der Waals surface area (Å²) in [6.07, 6.45) is 0.687. The SMILES string of the molecule is COC(=O)C(=CC[PH](=O)CO)CC(N)=O. The summed E-state index contributed by atoms with van der Waals surface area (Å²) in [5, 5.41) is 8.52. The summed E-state index contributed by atoms with van der Waals surface area (Å²) in [6, 6.07) is 0. The quantitative estimate of drug-likeness (QED) is 0.365. The Hall–Kier alpha value is -1.13. The Labute approximate surface area is 87.9 Å². The zero-order chi connectivity index (χ0) is 11.8. The van der Waals surface area contributed by atoms with E-state index in [1.165, 1.54) is 13.2 Å². The summed E-state index contributed by atoms with van der Waals surface area (Å²) < 4.78 is 15.3. The molecule has 0 radical (unpaired) electrons. The molecule has 0 aromatic heterocycles. The summed E-state index contributed by atoms with van der Waals surface area (Å²) in [6.45, 7) is 0. The lowest BCUT2D eigenvalue weighted by Gasteiger charge is -2.02. The molecule has 15 heavy (non-hydrogen) atoms. The molecule has 0 saturated carbocycles. The van der Waals surface area contributed by atoms with Crippen LogP contribution in [-0.2, 0) is 18.9 Å². The van der Waals surface area contributed by atoms with Gasteiger partial charge in [-0.3, -0.25) is 4.79 Å². The van der Waals surface area contributed by atoms with Gasteiger partial charge >= 0.3 is 5.97 Å². The van der Waals surface area contributed by atoms with Crippen LogP contribution in [0.3, 0.4) is 0 Å². The Morgan fingerprint density at radius 1 is 1.53 bits per heavy atom. The highest BCUT2D eigenvalue weighted by Gasteiger charge is 2.12. The molecule has 0 saturated heterocycles. The Bertz CT molecular complexity index is 299. The van der Waals surface area contributed by atoms with Crippen molar-refractivity contribution in [2.24, 2.45) is 5.73 Å². The molecule has 0 fully saturated rings. The van der Waals surface area contributed by atoms with E-state index in [-0.39, 0.29) is 18.2 Å². The fraction of sp³-hybridized carbons (Fsp3) is 0.500. The number of ether oxygens (including phenoxy) is 1. The van der Waals surface area contributed by atoms with E-state index in [0.29, 0.717) is 0 Å². The average Bonchev–Trinajstić information content (AvgIpc) is 2.21. The van der Waals surface area contributed by atoms with Gasteiger partial charge < -0.3 is 20.1 Å². The van der Waals surface area contributed by atoms with E-state index >= 15 is 0 Å². The maximum atomic E-state index is 11.1. The first-order valence-corrected chi connectivity index (χ1v) is 6.01. The second-order valence-corrected chi connectivity index (χ2v) is 4.57. The molecular formula is C8H14NO5P. The van der Waals surface area contributed by atoms with Gasteiger partial charge in [0.1, 0.15) is 7.80 Å². The van der Waals surface area contributed by atoms with E-state index in [1.807, 2.05) is 0 Å². The smallest absolute Gasteiger partial charge is 0.333 e. The Morgan fingerprint density at radius 2 is 2.13 bits per heavy atom. The number of carbonyl (C=O) groups excluding carboxylic acids is 2. The van der Waals surface area contributed by atoms with Gasteiger partial charge in [0.25, 0.3) is 0 Å². The van der Waals surface area contributed by atoms with Crippen molar-refractivity contribution in [3.63, 3.8) is 0 Å².